The Morgan fingerprint density at radius 1 is 1.30 bits per heavy atom. The lowest BCUT2D eigenvalue weighted by atomic mass is 10.1. The summed E-state index contributed by atoms with van der Waals surface area (Å²) in [7, 11) is 1.98. The average molecular weight is 422 g/mol. The second-order valence-corrected chi connectivity index (χ2v) is 8.28. The van der Waals surface area contributed by atoms with Crippen molar-refractivity contribution in [2.45, 2.75) is 52.1 Å². The Balaban J connectivity index is 1.44. The molecule has 3 rings (SSSR count). The predicted octanol–water partition coefficient (Wildman–Crippen LogP) is 1.09. The number of aryl methyl sites for hydroxylation is 1. The van der Waals surface area contributed by atoms with Crippen LogP contribution in [0.1, 0.15) is 44.3 Å². The Morgan fingerprint density at radius 2 is 2.20 bits per heavy atom. The van der Waals surface area contributed by atoms with Gasteiger partial charge in [-0.25, -0.2) is 4.99 Å². The molecule has 0 spiro atoms. The molecule has 2 unspecified atom stereocenters. The number of nitrogens with one attached hydrogen (secondary N) is 2. The standard InChI is InChI=1S/C21H39N7O2/c1-4-28-10-5-7-19(28)13-23-21(24-14-20-26-25-17(2)27(20)3)22-9-6-11-29-15-18-8-12-30-16-18/h18-19H,4-16H2,1-3H3,(H2,22,23,24). The largest absolute Gasteiger partial charge is 0.381 e. The van der Waals surface area contributed by atoms with E-state index in [4.69, 9.17) is 14.5 Å². The summed E-state index contributed by atoms with van der Waals surface area (Å²) in [5, 5.41) is 15.3. The van der Waals surface area contributed by atoms with Crippen molar-refractivity contribution in [1.82, 2.24) is 30.3 Å². The quantitative estimate of drug-likeness (QED) is 0.314. The number of hydrogen-bond donors (Lipinski definition) is 2. The summed E-state index contributed by atoms with van der Waals surface area (Å²) in [5.74, 6) is 3.17. The molecule has 9 nitrogen and oxygen atoms in total. The number of nitrogens with zero attached hydrogens (tertiary/aromatic N) is 5. The van der Waals surface area contributed by atoms with Gasteiger partial charge in [0.1, 0.15) is 12.4 Å². The first-order valence-corrected chi connectivity index (χ1v) is 11.4. The fourth-order valence-corrected chi connectivity index (χ4v) is 4.02. The molecule has 0 bridgehead atoms. The molecule has 2 saturated heterocycles. The van der Waals surface area contributed by atoms with Gasteiger partial charge in [-0.2, -0.15) is 0 Å². The summed E-state index contributed by atoms with van der Waals surface area (Å²) in [6.45, 7) is 12.0. The van der Waals surface area contributed by atoms with E-state index in [-0.39, 0.29) is 0 Å². The molecule has 2 atom stereocenters. The molecule has 0 aromatic carbocycles. The van der Waals surface area contributed by atoms with Crippen LogP contribution in [-0.4, -0.2) is 84.3 Å². The Hall–Kier alpha value is -1.71. The number of ether oxygens (including phenoxy) is 2. The molecule has 0 aliphatic carbocycles. The van der Waals surface area contributed by atoms with E-state index in [0.717, 1.165) is 76.5 Å². The van der Waals surface area contributed by atoms with E-state index in [9.17, 15) is 0 Å². The number of likely N-dealkylation sites (tertiary alicyclic amines) is 1. The summed E-state index contributed by atoms with van der Waals surface area (Å²) in [6, 6.07) is 0.580. The molecule has 3 heterocycles. The Bertz CT molecular complexity index is 658. The smallest absolute Gasteiger partial charge is 0.191 e. The van der Waals surface area contributed by atoms with Gasteiger partial charge in [-0.1, -0.05) is 6.92 Å². The molecule has 2 N–H and O–H groups in total. The lowest BCUT2D eigenvalue weighted by Crippen LogP contribution is -2.45. The lowest BCUT2D eigenvalue weighted by molar-refractivity contribution is 0.0888. The molecule has 2 fully saturated rings. The Morgan fingerprint density at radius 3 is 2.93 bits per heavy atom. The van der Waals surface area contributed by atoms with Crippen LogP contribution in [0.25, 0.3) is 0 Å². The first-order valence-electron chi connectivity index (χ1n) is 11.4. The fourth-order valence-electron chi connectivity index (χ4n) is 4.02. The molecule has 1 aromatic rings. The number of aliphatic imine (C=N–C) groups is 1. The first-order chi connectivity index (χ1) is 14.7. The normalized spacial score (nSPS) is 22.7. The van der Waals surface area contributed by atoms with Crippen molar-refractivity contribution in [2.24, 2.45) is 18.0 Å². The van der Waals surface area contributed by atoms with Gasteiger partial charge >= 0.3 is 0 Å². The molecule has 0 radical (unpaired) electrons. The highest BCUT2D eigenvalue weighted by Crippen LogP contribution is 2.15. The summed E-state index contributed by atoms with van der Waals surface area (Å²) in [4.78, 5) is 7.29. The maximum atomic E-state index is 5.81. The zero-order valence-electron chi connectivity index (χ0n) is 18.9. The van der Waals surface area contributed by atoms with Gasteiger partial charge < -0.3 is 24.7 Å². The second-order valence-electron chi connectivity index (χ2n) is 8.28. The molecule has 30 heavy (non-hydrogen) atoms. The predicted molar refractivity (Wildman–Crippen MR) is 118 cm³/mol. The molecule has 0 saturated carbocycles. The van der Waals surface area contributed by atoms with Crippen LogP contribution in [0.4, 0.5) is 0 Å². The molecule has 9 heteroatoms. The minimum Gasteiger partial charge on any atom is -0.381 e. The fraction of sp³-hybridized carbons (Fsp3) is 0.857. The number of hydrogen-bond acceptors (Lipinski definition) is 6. The van der Waals surface area contributed by atoms with Crippen LogP contribution in [0.2, 0.25) is 0 Å². The maximum Gasteiger partial charge on any atom is 0.191 e. The van der Waals surface area contributed by atoms with Crippen molar-refractivity contribution >= 4 is 5.96 Å². The number of rotatable bonds is 11. The minimum absolute atomic E-state index is 0.507. The summed E-state index contributed by atoms with van der Waals surface area (Å²) in [5.41, 5.74) is 0. The van der Waals surface area contributed by atoms with Gasteiger partial charge in [0.2, 0.25) is 0 Å². The topological polar surface area (TPSA) is 88.8 Å². The number of guanidine groups is 1. The highest BCUT2D eigenvalue weighted by molar-refractivity contribution is 5.79. The van der Waals surface area contributed by atoms with Gasteiger partial charge in [-0.15, -0.1) is 10.2 Å². The van der Waals surface area contributed by atoms with Gasteiger partial charge in [0.25, 0.3) is 0 Å². The Labute approximate surface area is 180 Å². The van der Waals surface area contributed by atoms with Gasteiger partial charge in [0.15, 0.2) is 11.8 Å². The third kappa shape index (κ3) is 6.92. The van der Waals surface area contributed by atoms with Gasteiger partial charge in [-0.3, -0.25) is 4.90 Å². The summed E-state index contributed by atoms with van der Waals surface area (Å²) < 4.78 is 13.2. The third-order valence-corrected chi connectivity index (χ3v) is 6.11. The van der Waals surface area contributed by atoms with E-state index >= 15 is 0 Å². The van der Waals surface area contributed by atoms with Crippen molar-refractivity contribution in [2.75, 3.05) is 52.6 Å². The van der Waals surface area contributed by atoms with E-state index in [1.165, 1.54) is 19.4 Å². The molecule has 2 aliphatic heterocycles. The van der Waals surface area contributed by atoms with Gasteiger partial charge in [0, 0.05) is 45.3 Å². The third-order valence-electron chi connectivity index (χ3n) is 6.11. The number of likely N-dealkylation sites (N-methyl/N-ethyl adjacent to an activating group) is 1. The summed E-state index contributed by atoms with van der Waals surface area (Å²) in [6.07, 6.45) is 4.59. The molecule has 1 aromatic heterocycles. The van der Waals surface area contributed by atoms with Crippen LogP contribution >= 0.6 is 0 Å². The van der Waals surface area contributed by atoms with Crippen molar-refractivity contribution in [1.29, 1.82) is 0 Å². The SMILES string of the molecule is CCN1CCCC1CNC(=NCc1nnc(C)n1C)NCCCOCC1CCOC1. The van der Waals surface area contributed by atoms with E-state index < -0.39 is 0 Å². The molecule has 170 valence electrons. The van der Waals surface area contributed by atoms with E-state index in [1.54, 1.807) is 0 Å². The highest BCUT2D eigenvalue weighted by Gasteiger charge is 2.22. The minimum atomic E-state index is 0.507. The van der Waals surface area contributed by atoms with Crippen molar-refractivity contribution in [3.8, 4) is 0 Å². The highest BCUT2D eigenvalue weighted by atomic mass is 16.5. The molecule has 0 amide bonds. The second kappa shape index (κ2) is 12.2. The van der Waals surface area contributed by atoms with Crippen molar-refractivity contribution in [3.63, 3.8) is 0 Å². The molecular weight excluding hydrogens is 382 g/mol. The van der Waals surface area contributed by atoms with E-state index in [1.807, 2.05) is 18.5 Å². The monoisotopic (exact) mass is 421 g/mol. The number of aromatic nitrogens is 3. The van der Waals surface area contributed by atoms with Gasteiger partial charge in [0.05, 0.1) is 13.2 Å². The molecular formula is C21H39N7O2. The Kier molecular flexibility index (Phi) is 9.35. The van der Waals surface area contributed by atoms with E-state index in [2.05, 4.69) is 32.7 Å². The van der Waals surface area contributed by atoms with Gasteiger partial charge in [-0.05, 0) is 45.7 Å². The van der Waals surface area contributed by atoms with Crippen LogP contribution in [0.3, 0.4) is 0 Å². The van der Waals surface area contributed by atoms with Crippen LogP contribution in [0.15, 0.2) is 4.99 Å². The van der Waals surface area contributed by atoms with Crippen LogP contribution in [0, 0.1) is 12.8 Å². The maximum absolute atomic E-state index is 5.81. The zero-order valence-corrected chi connectivity index (χ0v) is 18.9. The first kappa shape index (κ1) is 23.0. The van der Waals surface area contributed by atoms with Crippen molar-refractivity contribution in [3.05, 3.63) is 11.6 Å². The van der Waals surface area contributed by atoms with Crippen LogP contribution in [0.5, 0.6) is 0 Å². The molecule has 2 aliphatic rings. The zero-order chi connectivity index (χ0) is 21.2. The lowest BCUT2D eigenvalue weighted by Gasteiger charge is -2.24. The van der Waals surface area contributed by atoms with Crippen molar-refractivity contribution < 1.29 is 9.47 Å². The average Bonchev–Trinajstić information content (AvgIpc) is 3.49. The van der Waals surface area contributed by atoms with Crippen LogP contribution < -0.4 is 10.6 Å². The van der Waals surface area contributed by atoms with Crippen LogP contribution in [-0.2, 0) is 23.1 Å². The summed E-state index contributed by atoms with van der Waals surface area (Å²) >= 11 is 0. The van der Waals surface area contributed by atoms with E-state index in [0.29, 0.717) is 18.5 Å².